The van der Waals surface area contributed by atoms with Gasteiger partial charge in [0.15, 0.2) is 0 Å². The van der Waals surface area contributed by atoms with Gasteiger partial charge in [-0.05, 0) is 19.1 Å². The monoisotopic (exact) mass is 308 g/mol. The summed E-state index contributed by atoms with van der Waals surface area (Å²) < 4.78 is 14.9. The second-order valence-electron chi connectivity index (χ2n) is 4.76. The molecule has 22 heavy (non-hydrogen) atoms. The molecule has 8 heteroatoms. The molecule has 2 aromatic rings. The number of hydrogen-bond donors (Lipinski definition) is 3. The van der Waals surface area contributed by atoms with Crippen molar-refractivity contribution >= 4 is 22.8 Å². The van der Waals surface area contributed by atoms with Crippen molar-refractivity contribution in [1.29, 1.82) is 0 Å². The van der Waals surface area contributed by atoms with Crippen LogP contribution in [-0.4, -0.2) is 32.7 Å². The highest BCUT2D eigenvalue weighted by atomic mass is 19.1. The third-order valence-corrected chi connectivity index (χ3v) is 3.29. The second-order valence-corrected chi connectivity index (χ2v) is 4.76. The number of amides is 1. The van der Waals surface area contributed by atoms with E-state index in [1.54, 1.807) is 0 Å². The number of fused-ring (bicyclic) bond motifs is 1. The molecular weight excluding hydrogens is 295 g/mol. The molecular formula is C14H13FN2O5. The smallest absolute Gasteiger partial charge is 0.325 e. The molecule has 3 N–H and O–H groups in total. The fourth-order valence-electron chi connectivity index (χ4n) is 2.07. The molecule has 0 saturated heterocycles. The van der Waals surface area contributed by atoms with Gasteiger partial charge in [0.1, 0.15) is 23.2 Å². The Labute approximate surface area is 123 Å². The van der Waals surface area contributed by atoms with E-state index in [0.29, 0.717) is 0 Å². The van der Waals surface area contributed by atoms with Crippen LogP contribution in [0.2, 0.25) is 0 Å². The highest BCUT2D eigenvalue weighted by molar-refractivity contribution is 6.03. The van der Waals surface area contributed by atoms with E-state index >= 15 is 0 Å². The van der Waals surface area contributed by atoms with Crippen LogP contribution in [0, 0.1) is 5.82 Å². The van der Waals surface area contributed by atoms with Gasteiger partial charge in [-0.2, -0.15) is 0 Å². The van der Waals surface area contributed by atoms with Crippen LogP contribution in [-0.2, 0) is 11.8 Å². The van der Waals surface area contributed by atoms with E-state index in [1.165, 1.54) is 26.1 Å². The highest BCUT2D eigenvalue weighted by Gasteiger charge is 2.25. The van der Waals surface area contributed by atoms with Gasteiger partial charge in [0.2, 0.25) is 0 Å². The summed E-state index contributed by atoms with van der Waals surface area (Å²) in [5.41, 5.74) is -1.44. The zero-order chi connectivity index (χ0) is 16.6. The van der Waals surface area contributed by atoms with Crippen LogP contribution >= 0.6 is 0 Å². The van der Waals surface area contributed by atoms with Crippen molar-refractivity contribution < 1.29 is 24.2 Å². The molecule has 2 rings (SSSR count). The van der Waals surface area contributed by atoms with Crippen LogP contribution in [0.25, 0.3) is 10.9 Å². The van der Waals surface area contributed by atoms with Gasteiger partial charge in [0.05, 0.1) is 10.9 Å². The number of hydrogen-bond acceptors (Lipinski definition) is 4. The van der Waals surface area contributed by atoms with Crippen molar-refractivity contribution in [1.82, 2.24) is 9.88 Å². The Bertz CT molecular complexity index is 843. The number of aromatic nitrogens is 1. The molecule has 0 radical (unpaired) electrons. The van der Waals surface area contributed by atoms with Gasteiger partial charge in [-0.1, -0.05) is 6.07 Å². The third-order valence-electron chi connectivity index (χ3n) is 3.29. The average molecular weight is 308 g/mol. The number of pyridine rings is 1. The number of aromatic hydroxyl groups is 1. The van der Waals surface area contributed by atoms with Crippen LogP contribution in [0.15, 0.2) is 23.0 Å². The van der Waals surface area contributed by atoms with Crippen LogP contribution in [0.3, 0.4) is 0 Å². The molecule has 1 aromatic carbocycles. The Hall–Kier alpha value is -2.90. The molecule has 0 bridgehead atoms. The summed E-state index contributed by atoms with van der Waals surface area (Å²) in [4.78, 5) is 35.0. The lowest BCUT2D eigenvalue weighted by Crippen LogP contribution is -2.41. The van der Waals surface area contributed by atoms with Crippen LogP contribution in [0.5, 0.6) is 5.75 Å². The average Bonchev–Trinajstić information content (AvgIpc) is 2.44. The number of carboxylic acid groups (broad SMARTS) is 1. The third kappa shape index (κ3) is 2.39. The van der Waals surface area contributed by atoms with E-state index in [9.17, 15) is 23.9 Å². The Morgan fingerprint density at radius 2 is 2.00 bits per heavy atom. The number of nitrogens with zero attached hydrogens (tertiary/aromatic N) is 1. The zero-order valence-corrected chi connectivity index (χ0v) is 11.8. The summed E-state index contributed by atoms with van der Waals surface area (Å²) in [6.07, 6.45) is 0. The SMILES string of the molecule is CC(NC(=O)c1c(O)c2c(F)cccc2n(C)c1=O)C(=O)O. The Morgan fingerprint density at radius 1 is 1.36 bits per heavy atom. The standard InChI is InChI=1S/C14H13FN2O5/c1-6(14(21)22)16-12(19)10-11(18)9-7(15)4-3-5-8(9)17(2)13(10)20/h3-6,18H,1-2H3,(H,16,19)(H,21,22). The summed E-state index contributed by atoms with van der Waals surface area (Å²) in [7, 11) is 1.32. The molecule has 7 nitrogen and oxygen atoms in total. The van der Waals surface area contributed by atoms with E-state index in [2.05, 4.69) is 5.32 Å². The fourth-order valence-corrected chi connectivity index (χ4v) is 2.07. The lowest BCUT2D eigenvalue weighted by atomic mass is 10.1. The van der Waals surface area contributed by atoms with Gasteiger partial charge >= 0.3 is 5.97 Å². The topological polar surface area (TPSA) is 109 Å². The molecule has 0 aliphatic rings. The van der Waals surface area contributed by atoms with Crippen molar-refractivity contribution in [3.05, 3.63) is 39.9 Å². The van der Waals surface area contributed by atoms with Crippen LogP contribution in [0.4, 0.5) is 4.39 Å². The maximum Gasteiger partial charge on any atom is 0.325 e. The first kappa shape index (κ1) is 15.5. The number of carboxylic acids is 1. The molecule has 116 valence electrons. The molecule has 1 atom stereocenters. The number of nitrogens with one attached hydrogen (secondary N) is 1. The number of carbonyl (C=O) groups is 2. The van der Waals surface area contributed by atoms with Crippen molar-refractivity contribution in [3.8, 4) is 5.75 Å². The Kier molecular flexibility index (Phi) is 3.85. The predicted molar refractivity (Wildman–Crippen MR) is 75.4 cm³/mol. The maximum atomic E-state index is 13.9. The summed E-state index contributed by atoms with van der Waals surface area (Å²) >= 11 is 0. The molecule has 0 aliphatic heterocycles. The normalized spacial score (nSPS) is 12.1. The number of aryl methyl sites for hydroxylation is 1. The molecule has 1 unspecified atom stereocenters. The van der Waals surface area contributed by atoms with Gasteiger partial charge < -0.3 is 20.1 Å². The molecule has 1 heterocycles. The summed E-state index contributed by atoms with van der Waals surface area (Å²) in [5.74, 6) is -4.01. The van der Waals surface area contributed by atoms with E-state index in [-0.39, 0.29) is 10.9 Å². The minimum absolute atomic E-state index is 0.116. The largest absolute Gasteiger partial charge is 0.506 e. The number of halogens is 1. The van der Waals surface area contributed by atoms with Crippen molar-refractivity contribution in [2.75, 3.05) is 0 Å². The van der Waals surface area contributed by atoms with Crippen LogP contribution in [0.1, 0.15) is 17.3 Å². The predicted octanol–water partition coefficient (Wildman–Crippen LogP) is 0.586. The first-order chi connectivity index (χ1) is 10.3. The summed E-state index contributed by atoms with van der Waals surface area (Å²) in [5, 5.41) is 20.6. The molecule has 1 aromatic heterocycles. The number of benzene rings is 1. The van der Waals surface area contributed by atoms with Crippen molar-refractivity contribution in [2.24, 2.45) is 7.05 Å². The van der Waals surface area contributed by atoms with E-state index in [4.69, 9.17) is 5.11 Å². The van der Waals surface area contributed by atoms with Gasteiger partial charge in [-0.15, -0.1) is 0 Å². The molecule has 1 amide bonds. The van der Waals surface area contributed by atoms with E-state index in [1.807, 2.05) is 0 Å². The number of carbonyl (C=O) groups excluding carboxylic acids is 1. The fraction of sp³-hybridized carbons (Fsp3) is 0.214. The molecule has 0 aliphatic carbocycles. The molecule has 0 fully saturated rings. The van der Waals surface area contributed by atoms with Gasteiger partial charge in [-0.25, -0.2) is 4.39 Å². The molecule has 0 spiro atoms. The van der Waals surface area contributed by atoms with Crippen LogP contribution < -0.4 is 10.9 Å². The highest BCUT2D eigenvalue weighted by Crippen LogP contribution is 2.28. The van der Waals surface area contributed by atoms with Crippen molar-refractivity contribution in [2.45, 2.75) is 13.0 Å². The minimum Gasteiger partial charge on any atom is -0.506 e. The van der Waals surface area contributed by atoms with E-state index < -0.39 is 40.6 Å². The maximum absolute atomic E-state index is 13.9. The Balaban J connectivity index is 2.70. The van der Waals surface area contributed by atoms with Gasteiger partial charge in [0.25, 0.3) is 11.5 Å². The Morgan fingerprint density at radius 3 is 2.59 bits per heavy atom. The summed E-state index contributed by atoms with van der Waals surface area (Å²) in [6.45, 7) is 1.20. The minimum atomic E-state index is -1.31. The number of aliphatic carboxylic acids is 1. The lowest BCUT2D eigenvalue weighted by molar-refractivity contribution is -0.138. The van der Waals surface area contributed by atoms with E-state index in [0.717, 1.165) is 10.6 Å². The van der Waals surface area contributed by atoms with Crippen molar-refractivity contribution in [3.63, 3.8) is 0 Å². The van der Waals surface area contributed by atoms with Gasteiger partial charge in [0, 0.05) is 7.05 Å². The molecule has 0 saturated carbocycles. The lowest BCUT2D eigenvalue weighted by Gasteiger charge is -2.13. The second kappa shape index (κ2) is 5.47. The first-order valence-electron chi connectivity index (χ1n) is 6.29. The first-order valence-corrected chi connectivity index (χ1v) is 6.29. The van der Waals surface area contributed by atoms with Gasteiger partial charge in [-0.3, -0.25) is 14.4 Å². The number of rotatable bonds is 3. The zero-order valence-electron chi connectivity index (χ0n) is 11.8. The summed E-state index contributed by atoms with van der Waals surface area (Å²) in [6, 6.07) is 2.59. The quantitative estimate of drug-likeness (QED) is 0.769.